The van der Waals surface area contributed by atoms with Gasteiger partial charge in [-0.1, -0.05) is 66.4 Å². The van der Waals surface area contributed by atoms with Gasteiger partial charge < -0.3 is 10.2 Å². The van der Waals surface area contributed by atoms with Gasteiger partial charge in [-0.05, 0) is 68.7 Å². The minimum atomic E-state index is -4.34. The Morgan fingerprint density at radius 1 is 1.00 bits per heavy atom. The molecule has 0 spiro atoms. The summed E-state index contributed by atoms with van der Waals surface area (Å²) in [5.74, 6) is -1.77. The van der Waals surface area contributed by atoms with Crippen molar-refractivity contribution >= 4 is 39.1 Å². The van der Waals surface area contributed by atoms with Gasteiger partial charge in [0.1, 0.15) is 18.4 Å². The Kier molecular flexibility index (Phi) is 9.48. The van der Waals surface area contributed by atoms with E-state index in [9.17, 15) is 22.4 Å². The van der Waals surface area contributed by atoms with Crippen LogP contribution in [0.15, 0.2) is 77.7 Å². The van der Waals surface area contributed by atoms with Crippen molar-refractivity contribution in [3.05, 3.63) is 94.8 Å². The number of carbonyl (C=O) groups is 2. The molecule has 7 nitrogen and oxygen atoms in total. The number of para-hydroxylation sites is 1. The first-order valence-electron chi connectivity index (χ1n) is 13.2. The summed E-state index contributed by atoms with van der Waals surface area (Å²) in [5.41, 5.74) is 1.30. The average Bonchev–Trinajstić information content (AvgIpc) is 3.44. The van der Waals surface area contributed by atoms with Gasteiger partial charge in [0.05, 0.1) is 10.6 Å². The van der Waals surface area contributed by atoms with Crippen LogP contribution >= 0.6 is 11.6 Å². The second-order valence-electron chi connectivity index (χ2n) is 10.1. The molecule has 1 unspecified atom stereocenters. The van der Waals surface area contributed by atoms with Crippen LogP contribution < -0.4 is 9.62 Å². The number of amides is 2. The molecule has 2 amide bonds. The maximum atomic E-state index is 15.0. The lowest BCUT2D eigenvalue weighted by molar-refractivity contribution is -0.139. The maximum Gasteiger partial charge on any atom is 0.264 e. The lowest BCUT2D eigenvalue weighted by atomic mass is 10.1. The molecule has 3 aromatic carbocycles. The van der Waals surface area contributed by atoms with E-state index in [2.05, 4.69) is 5.32 Å². The van der Waals surface area contributed by atoms with Crippen LogP contribution in [-0.2, 0) is 26.2 Å². The number of aryl methyl sites for hydroxylation is 1. The molecular weight excluding hydrogens is 553 g/mol. The monoisotopic (exact) mass is 585 g/mol. The molecule has 1 aliphatic carbocycles. The van der Waals surface area contributed by atoms with E-state index in [0.29, 0.717) is 10.6 Å². The van der Waals surface area contributed by atoms with Crippen molar-refractivity contribution in [3.63, 3.8) is 0 Å². The minimum absolute atomic E-state index is 0.0327. The van der Waals surface area contributed by atoms with Gasteiger partial charge in [-0.3, -0.25) is 13.9 Å². The quantitative estimate of drug-likeness (QED) is 0.342. The molecule has 10 heteroatoms. The molecule has 40 heavy (non-hydrogen) atoms. The Bertz CT molecular complexity index is 1440. The molecule has 0 aromatic heterocycles. The van der Waals surface area contributed by atoms with Crippen LogP contribution in [-0.4, -0.2) is 43.8 Å². The summed E-state index contributed by atoms with van der Waals surface area (Å²) in [7, 11) is -4.34. The molecule has 3 aromatic rings. The van der Waals surface area contributed by atoms with Crippen LogP contribution in [0.5, 0.6) is 0 Å². The Balaban J connectivity index is 1.69. The Labute approximate surface area is 240 Å². The predicted octanol–water partition coefficient (Wildman–Crippen LogP) is 5.46. The third-order valence-electron chi connectivity index (χ3n) is 7.14. The first kappa shape index (κ1) is 29.6. The zero-order chi connectivity index (χ0) is 28.9. The van der Waals surface area contributed by atoms with Crippen LogP contribution in [0, 0.1) is 12.7 Å². The first-order chi connectivity index (χ1) is 19.1. The van der Waals surface area contributed by atoms with Gasteiger partial charge in [0.15, 0.2) is 0 Å². The molecule has 1 atom stereocenters. The predicted molar refractivity (Wildman–Crippen MR) is 154 cm³/mol. The van der Waals surface area contributed by atoms with E-state index in [-0.39, 0.29) is 29.1 Å². The molecule has 0 heterocycles. The molecular formula is C30H33ClFN3O4S. The van der Waals surface area contributed by atoms with Crippen LogP contribution in [0.4, 0.5) is 10.1 Å². The fourth-order valence-corrected chi connectivity index (χ4v) is 6.31. The number of benzene rings is 3. The van der Waals surface area contributed by atoms with E-state index < -0.39 is 34.3 Å². The van der Waals surface area contributed by atoms with Crippen LogP contribution in [0.1, 0.15) is 43.7 Å². The molecule has 212 valence electrons. The third-order valence-corrected chi connectivity index (χ3v) is 9.17. The number of halogens is 2. The zero-order valence-corrected chi connectivity index (χ0v) is 24.1. The number of sulfonamides is 1. The summed E-state index contributed by atoms with van der Waals surface area (Å²) in [6.07, 6.45) is 3.81. The van der Waals surface area contributed by atoms with Gasteiger partial charge in [0.2, 0.25) is 11.8 Å². The molecule has 0 aliphatic heterocycles. The molecule has 1 fully saturated rings. The second-order valence-corrected chi connectivity index (χ2v) is 12.4. The molecule has 1 aliphatic rings. The smallest absolute Gasteiger partial charge is 0.264 e. The molecule has 1 N–H and O–H groups in total. The van der Waals surface area contributed by atoms with Crippen molar-refractivity contribution in [1.82, 2.24) is 10.2 Å². The van der Waals surface area contributed by atoms with E-state index in [0.717, 1.165) is 41.6 Å². The van der Waals surface area contributed by atoms with Crippen LogP contribution in [0.25, 0.3) is 0 Å². The number of nitrogens with one attached hydrogen (secondary N) is 1. The summed E-state index contributed by atoms with van der Waals surface area (Å²) < 4.78 is 43.3. The lowest BCUT2D eigenvalue weighted by Crippen LogP contribution is -2.52. The summed E-state index contributed by atoms with van der Waals surface area (Å²) in [6.45, 7) is 2.76. The van der Waals surface area contributed by atoms with Gasteiger partial charge in [0, 0.05) is 17.6 Å². The van der Waals surface area contributed by atoms with E-state index in [1.54, 1.807) is 43.3 Å². The van der Waals surface area contributed by atoms with Crippen molar-refractivity contribution in [2.45, 2.75) is 63.1 Å². The summed E-state index contributed by atoms with van der Waals surface area (Å²) in [4.78, 5) is 28.4. The fourth-order valence-electron chi connectivity index (χ4n) is 4.77. The number of hydrogen-bond acceptors (Lipinski definition) is 4. The first-order valence-corrected chi connectivity index (χ1v) is 15.1. The lowest BCUT2D eigenvalue weighted by Gasteiger charge is -2.32. The number of rotatable bonds is 10. The van der Waals surface area contributed by atoms with Crippen LogP contribution in [0.2, 0.25) is 5.02 Å². The van der Waals surface area contributed by atoms with Crippen molar-refractivity contribution in [1.29, 1.82) is 0 Å². The van der Waals surface area contributed by atoms with Crippen molar-refractivity contribution in [3.8, 4) is 0 Å². The number of nitrogens with zero attached hydrogens (tertiary/aromatic N) is 2. The van der Waals surface area contributed by atoms with Crippen molar-refractivity contribution in [2.24, 2.45) is 0 Å². The normalized spacial score (nSPS) is 14.5. The van der Waals surface area contributed by atoms with E-state index in [1.165, 1.54) is 35.2 Å². The Morgan fingerprint density at radius 2 is 1.62 bits per heavy atom. The topological polar surface area (TPSA) is 86.8 Å². The van der Waals surface area contributed by atoms with E-state index in [1.807, 2.05) is 6.92 Å². The number of carbonyl (C=O) groups excluding carboxylic acids is 2. The highest BCUT2D eigenvalue weighted by atomic mass is 35.5. The zero-order valence-electron chi connectivity index (χ0n) is 22.5. The van der Waals surface area contributed by atoms with E-state index in [4.69, 9.17) is 11.6 Å². The van der Waals surface area contributed by atoms with Gasteiger partial charge >= 0.3 is 0 Å². The van der Waals surface area contributed by atoms with Gasteiger partial charge in [-0.25, -0.2) is 12.8 Å². The van der Waals surface area contributed by atoms with Crippen molar-refractivity contribution in [2.75, 3.05) is 10.8 Å². The molecule has 0 radical (unpaired) electrons. The molecule has 0 bridgehead atoms. The average molecular weight is 586 g/mol. The summed E-state index contributed by atoms with van der Waals surface area (Å²) >= 11 is 6.03. The van der Waals surface area contributed by atoms with Gasteiger partial charge in [-0.15, -0.1) is 0 Å². The summed E-state index contributed by atoms with van der Waals surface area (Å²) in [6, 6.07) is 17.5. The minimum Gasteiger partial charge on any atom is -0.352 e. The van der Waals surface area contributed by atoms with Gasteiger partial charge in [-0.2, -0.15) is 0 Å². The molecule has 4 rings (SSSR count). The molecule has 0 saturated heterocycles. The largest absolute Gasteiger partial charge is 0.352 e. The van der Waals surface area contributed by atoms with Gasteiger partial charge in [0.25, 0.3) is 10.0 Å². The fraction of sp³-hybridized carbons (Fsp3) is 0.333. The molecule has 1 saturated carbocycles. The number of hydrogen-bond donors (Lipinski definition) is 1. The summed E-state index contributed by atoms with van der Waals surface area (Å²) in [5, 5.41) is 3.54. The highest BCUT2D eigenvalue weighted by Crippen LogP contribution is 2.27. The second kappa shape index (κ2) is 12.8. The SMILES string of the molecule is Cc1ccc(S(=O)(=O)N(CC(=O)N(Cc2ccc(Cl)cc2)C(C)C(=O)NC2CCCC2)c2ccccc2F)cc1. The van der Waals surface area contributed by atoms with Crippen molar-refractivity contribution < 1.29 is 22.4 Å². The Morgan fingerprint density at radius 3 is 2.25 bits per heavy atom. The maximum absolute atomic E-state index is 15.0. The highest BCUT2D eigenvalue weighted by Gasteiger charge is 2.34. The Hall–Kier alpha value is -3.43. The highest BCUT2D eigenvalue weighted by molar-refractivity contribution is 7.92. The number of anilines is 1. The van der Waals surface area contributed by atoms with Crippen LogP contribution in [0.3, 0.4) is 0 Å². The third kappa shape index (κ3) is 7.01. The standard InChI is InChI=1S/C30H33ClFN3O4S/c1-21-11-17-26(18-12-21)40(38,39)35(28-10-6-5-9-27(28)32)20-29(36)34(19-23-13-15-24(31)16-14-23)22(2)30(37)33-25-7-3-4-8-25/h5-6,9-18,22,25H,3-4,7-8,19-20H2,1-2H3,(H,33,37). The van der Waals surface area contributed by atoms with E-state index >= 15 is 0 Å².